The molecule has 3 N–H and O–H groups in total. The van der Waals surface area contributed by atoms with E-state index < -0.39 is 11.5 Å². The van der Waals surface area contributed by atoms with Gasteiger partial charge in [-0.1, -0.05) is 0 Å². The topological polar surface area (TPSA) is 112 Å². The molecular formula is C20H21N5O3. The lowest BCUT2D eigenvalue weighted by atomic mass is 10.1. The number of pyridine rings is 1. The Bertz CT molecular complexity index is 1050. The Labute approximate surface area is 162 Å². The number of hydrogen-bond donors (Lipinski definition) is 2. The predicted molar refractivity (Wildman–Crippen MR) is 107 cm³/mol. The molecule has 1 amide bonds. The number of rotatable bonds is 5. The van der Waals surface area contributed by atoms with Gasteiger partial charge in [-0.15, -0.1) is 0 Å². The minimum Gasteiger partial charge on any atom is -0.494 e. The molecule has 3 aromatic rings. The van der Waals surface area contributed by atoms with Gasteiger partial charge in [-0.2, -0.15) is 0 Å². The number of nitrogens with one attached hydrogen (secondary N) is 1. The highest BCUT2D eigenvalue weighted by atomic mass is 16.5. The molecule has 2 heterocycles. The minimum atomic E-state index is -0.640. The molecule has 0 aliphatic carbocycles. The molecule has 0 bridgehead atoms. The number of anilines is 2. The Morgan fingerprint density at radius 2 is 2.00 bits per heavy atom. The van der Waals surface area contributed by atoms with E-state index in [0.29, 0.717) is 23.7 Å². The second kappa shape index (κ2) is 7.91. The van der Waals surface area contributed by atoms with Crippen LogP contribution in [-0.2, 0) is 0 Å². The number of carbonyl (C=O) groups is 1. The molecular weight excluding hydrogens is 358 g/mol. The van der Waals surface area contributed by atoms with E-state index >= 15 is 0 Å². The molecule has 28 heavy (non-hydrogen) atoms. The zero-order chi connectivity index (χ0) is 20.3. The molecule has 0 saturated heterocycles. The molecule has 3 rings (SSSR count). The molecule has 8 nitrogen and oxygen atoms in total. The van der Waals surface area contributed by atoms with E-state index in [0.717, 1.165) is 11.1 Å². The maximum Gasteiger partial charge on any atom is 0.272 e. The van der Waals surface area contributed by atoms with Crippen LogP contribution >= 0.6 is 0 Å². The summed E-state index contributed by atoms with van der Waals surface area (Å²) in [5.41, 5.74) is 7.79. The van der Waals surface area contributed by atoms with Crippen molar-refractivity contribution in [3.63, 3.8) is 0 Å². The van der Waals surface area contributed by atoms with Gasteiger partial charge in [0.15, 0.2) is 0 Å². The normalized spacial score (nSPS) is 10.5. The number of nitrogens with two attached hydrogens (primary N) is 1. The van der Waals surface area contributed by atoms with Crippen molar-refractivity contribution in [1.29, 1.82) is 0 Å². The highest BCUT2D eigenvalue weighted by molar-refractivity contribution is 6.06. The van der Waals surface area contributed by atoms with Crippen LogP contribution in [0.4, 0.5) is 11.5 Å². The van der Waals surface area contributed by atoms with E-state index in [-0.39, 0.29) is 11.4 Å². The standard InChI is InChI=1S/C20H21N5O3/c1-4-28-15-8-12(2)17(13(3)9-15)25-11-23-18(21)16(20(25)27)19(26)24-14-6-5-7-22-10-14/h5-11H,4,21H2,1-3H3,(H,24,26). The summed E-state index contributed by atoms with van der Waals surface area (Å²) in [4.78, 5) is 33.7. The van der Waals surface area contributed by atoms with Crippen LogP contribution in [0.1, 0.15) is 28.4 Å². The molecule has 2 aromatic heterocycles. The van der Waals surface area contributed by atoms with Crippen molar-refractivity contribution < 1.29 is 9.53 Å². The fraction of sp³-hybridized carbons (Fsp3) is 0.200. The molecule has 0 saturated carbocycles. The summed E-state index contributed by atoms with van der Waals surface area (Å²) in [6, 6.07) is 7.01. The van der Waals surface area contributed by atoms with Crippen molar-refractivity contribution >= 4 is 17.4 Å². The lowest BCUT2D eigenvalue weighted by Crippen LogP contribution is -2.31. The number of carbonyl (C=O) groups excluding carboxylic acids is 1. The Balaban J connectivity index is 2.07. The summed E-state index contributed by atoms with van der Waals surface area (Å²) in [7, 11) is 0. The minimum absolute atomic E-state index is 0.135. The summed E-state index contributed by atoms with van der Waals surface area (Å²) < 4.78 is 6.87. The fourth-order valence-corrected chi connectivity index (χ4v) is 3.02. The van der Waals surface area contributed by atoms with Gasteiger partial charge >= 0.3 is 0 Å². The summed E-state index contributed by atoms with van der Waals surface area (Å²) in [6.45, 7) is 6.17. The number of aryl methyl sites for hydroxylation is 2. The number of hydrogen-bond acceptors (Lipinski definition) is 6. The average Bonchev–Trinajstić information content (AvgIpc) is 2.64. The molecule has 1 aromatic carbocycles. The molecule has 0 fully saturated rings. The van der Waals surface area contributed by atoms with Gasteiger partial charge in [-0.3, -0.25) is 19.1 Å². The summed E-state index contributed by atoms with van der Waals surface area (Å²) in [5, 5.41) is 2.62. The van der Waals surface area contributed by atoms with Gasteiger partial charge in [-0.05, 0) is 56.2 Å². The predicted octanol–water partition coefficient (Wildman–Crippen LogP) is 2.48. The third kappa shape index (κ3) is 3.71. The highest BCUT2D eigenvalue weighted by Gasteiger charge is 2.20. The van der Waals surface area contributed by atoms with Crippen LogP contribution in [0.5, 0.6) is 5.75 Å². The van der Waals surface area contributed by atoms with Crippen LogP contribution < -0.4 is 21.3 Å². The molecule has 144 valence electrons. The Morgan fingerprint density at radius 1 is 1.29 bits per heavy atom. The van der Waals surface area contributed by atoms with E-state index in [1.807, 2.05) is 32.9 Å². The first-order valence-electron chi connectivity index (χ1n) is 8.75. The van der Waals surface area contributed by atoms with E-state index in [1.54, 1.807) is 18.3 Å². The van der Waals surface area contributed by atoms with Crippen LogP contribution in [0.25, 0.3) is 5.69 Å². The molecule has 0 unspecified atom stereocenters. The van der Waals surface area contributed by atoms with E-state index in [2.05, 4.69) is 15.3 Å². The fourth-order valence-electron chi connectivity index (χ4n) is 3.02. The number of nitrogen functional groups attached to an aromatic ring is 1. The average molecular weight is 379 g/mol. The summed E-state index contributed by atoms with van der Waals surface area (Å²) >= 11 is 0. The molecule has 0 aliphatic rings. The Morgan fingerprint density at radius 3 is 2.61 bits per heavy atom. The molecule has 8 heteroatoms. The van der Waals surface area contributed by atoms with Crippen molar-refractivity contribution in [2.75, 3.05) is 17.7 Å². The first-order chi connectivity index (χ1) is 13.4. The van der Waals surface area contributed by atoms with Gasteiger partial charge in [0.05, 0.1) is 24.2 Å². The molecule has 0 spiro atoms. The van der Waals surface area contributed by atoms with E-state index in [9.17, 15) is 9.59 Å². The van der Waals surface area contributed by atoms with Crippen molar-refractivity contribution in [2.24, 2.45) is 0 Å². The number of aromatic nitrogens is 3. The number of ether oxygens (including phenoxy) is 1. The Kier molecular flexibility index (Phi) is 5.39. The molecule has 0 radical (unpaired) electrons. The van der Waals surface area contributed by atoms with Gasteiger partial charge in [0.2, 0.25) is 0 Å². The van der Waals surface area contributed by atoms with Crippen LogP contribution in [-0.4, -0.2) is 27.0 Å². The third-order valence-corrected chi connectivity index (χ3v) is 4.16. The first-order valence-corrected chi connectivity index (χ1v) is 8.75. The van der Waals surface area contributed by atoms with Crippen molar-refractivity contribution in [2.45, 2.75) is 20.8 Å². The van der Waals surface area contributed by atoms with Gasteiger partial charge < -0.3 is 15.8 Å². The van der Waals surface area contributed by atoms with Gasteiger partial charge in [0.25, 0.3) is 11.5 Å². The molecule has 0 atom stereocenters. The third-order valence-electron chi connectivity index (χ3n) is 4.16. The SMILES string of the molecule is CCOc1cc(C)c(-n2cnc(N)c(C(=O)Nc3cccnc3)c2=O)c(C)c1. The van der Waals surface area contributed by atoms with Gasteiger partial charge in [0, 0.05) is 6.20 Å². The highest BCUT2D eigenvalue weighted by Crippen LogP contribution is 2.24. The van der Waals surface area contributed by atoms with Gasteiger partial charge in [0.1, 0.15) is 23.5 Å². The second-order valence-corrected chi connectivity index (χ2v) is 6.21. The largest absolute Gasteiger partial charge is 0.494 e. The summed E-state index contributed by atoms with van der Waals surface area (Å²) in [6.07, 6.45) is 4.39. The zero-order valence-corrected chi connectivity index (χ0v) is 15.9. The maximum absolute atomic E-state index is 13.1. The van der Waals surface area contributed by atoms with Gasteiger partial charge in [-0.25, -0.2) is 4.98 Å². The molecule has 0 aliphatic heterocycles. The number of nitrogens with zero attached hydrogens (tertiary/aromatic N) is 3. The number of benzene rings is 1. The van der Waals surface area contributed by atoms with E-state index in [4.69, 9.17) is 10.5 Å². The quantitative estimate of drug-likeness (QED) is 0.704. The van der Waals surface area contributed by atoms with Crippen molar-refractivity contribution in [1.82, 2.24) is 14.5 Å². The van der Waals surface area contributed by atoms with Crippen LogP contribution in [0.15, 0.2) is 47.8 Å². The number of amides is 1. The lowest BCUT2D eigenvalue weighted by molar-refractivity contribution is 0.102. The van der Waals surface area contributed by atoms with Crippen LogP contribution in [0.3, 0.4) is 0 Å². The lowest BCUT2D eigenvalue weighted by Gasteiger charge is -2.16. The van der Waals surface area contributed by atoms with Crippen LogP contribution in [0.2, 0.25) is 0 Å². The Hall–Kier alpha value is -3.68. The van der Waals surface area contributed by atoms with E-state index in [1.165, 1.54) is 17.1 Å². The van der Waals surface area contributed by atoms with Crippen molar-refractivity contribution in [3.05, 3.63) is 70.0 Å². The maximum atomic E-state index is 13.1. The zero-order valence-electron chi connectivity index (χ0n) is 15.9. The first kappa shape index (κ1) is 19.1. The smallest absolute Gasteiger partial charge is 0.272 e. The summed E-state index contributed by atoms with van der Waals surface area (Å²) in [5.74, 6) is -0.0604. The van der Waals surface area contributed by atoms with Crippen LogP contribution in [0, 0.1) is 13.8 Å². The second-order valence-electron chi connectivity index (χ2n) is 6.21. The van der Waals surface area contributed by atoms with Crippen molar-refractivity contribution in [3.8, 4) is 11.4 Å². The monoisotopic (exact) mass is 379 g/mol.